The topological polar surface area (TPSA) is 70.0 Å². The van der Waals surface area contributed by atoms with Crippen molar-refractivity contribution in [3.05, 3.63) is 0 Å². The van der Waals surface area contributed by atoms with Crippen molar-refractivity contribution >= 4 is 10.0 Å². The summed E-state index contributed by atoms with van der Waals surface area (Å²) in [6.07, 6.45) is -5.65. The molecule has 0 rings (SSSR count). The van der Waals surface area contributed by atoms with Gasteiger partial charge in [0.05, 0.1) is 12.5 Å². The van der Waals surface area contributed by atoms with E-state index in [9.17, 15) is 21.6 Å². The molecule has 0 aromatic heterocycles. The predicted molar refractivity (Wildman–Crippen MR) is 42.7 cm³/mol. The van der Waals surface area contributed by atoms with E-state index in [4.69, 9.17) is 5.26 Å². The monoisotopic (exact) mass is 230 g/mol. The summed E-state index contributed by atoms with van der Waals surface area (Å²) in [6.45, 7) is 0.355. The van der Waals surface area contributed by atoms with Crippen LogP contribution in [0.5, 0.6) is 0 Å². The molecule has 0 aliphatic rings. The van der Waals surface area contributed by atoms with Crippen molar-refractivity contribution in [3.63, 3.8) is 0 Å². The molecule has 0 amide bonds. The van der Waals surface area contributed by atoms with E-state index in [1.165, 1.54) is 6.07 Å². The number of sulfonamides is 1. The number of nitriles is 1. The Labute approximate surface area is 79.8 Å². The highest BCUT2D eigenvalue weighted by Crippen LogP contribution is 2.18. The molecule has 0 spiro atoms. The fourth-order valence-corrected chi connectivity index (χ4v) is 1.30. The Morgan fingerprint density at radius 2 is 2.00 bits per heavy atom. The standard InChI is InChI=1S/C6H9F3N2O2S/c1-5(4-10)14(12,13)11-3-2-6(7,8)9/h5,11H,2-3H2,1H3. The lowest BCUT2D eigenvalue weighted by Gasteiger charge is -2.09. The Morgan fingerprint density at radius 3 is 2.36 bits per heavy atom. The van der Waals surface area contributed by atoms with Gasteiger partial charge < -0.3 is 0 Å². The van der Waals surface area contributed by atoms with Crippen LogP contribution in [0.1, 0.15) is 13.3 Å². The van der Waals surface area contributed by atoms with Gasteiger partial charge in [-0.2, -0.15) is 18.4 Å². The lowest BCUT2D eigenvalue weighted by Crippen LogP contribution is -2.34. The van der Waals surface area contributed by atoms with E-state index in [0.29, 0.717) is 0 Å². The van der Waals surface area contributed by atoms with Gasteiger partial charge in [0.1, 0.15) is 0 Å². The Kier molecular flexibility index (Phi) is 4.35. The lowest BCUT2D eigenvalue weighted by molar-refractivity contribution is -0.132. The van der Waals surface area contributed by atoms with Crippen LogP contribution in [0, 0.1) is 11.3 Å². The van der Waals surface area contributed by atoms with Crippen molar-refractivity contribution in [2.24, 2.45) is 0 Å². The van der Waals surface area contributed by atoms with Crippen LogP contribution in [0.2, 0.25) is 0 Å². The number of nitrogens with zero attached hydrogens (tertiary/aromatic N) is 1. The molecule has 0 radical (unpaired) electrons. The largest absolute Gasteiger partial charge is 0.390 e. The molecule has 0 aromatic rings. The van der Waals surface area contributed by atoms with Crippen LogP contribution in [0.3, 0.4) is 0 Å². The highest BCUT2D eigenvalue weighted by molar-refractivity contribution is 7.90. The first-order chi connectivity index (χ1) is 6.19. The molecule has 0 heterocycles. The maximum Gasteiger partial charge on any atom is 0.390 e. The number of rotatable bonds is 4. The minimum atomic E-state index is -4.40. The molecular formula is C6H9F3N2O2S. The minimum Gasteiger partial charge on any atom is -0.214 e. The summed E-state index contributed by atoms with van der Waals surface area (Å²) in [4.78, 5) is 0. The Bertz CT molecular complexity index is 317. The normalized spacial score (nSPS) is 14.8. The van der Waals surface area contributed by atoms with Crippen LogP contribution >= 0.6 is 0 Å². The molecule has 8 heteroatoms. The molecule has 0 saturated heterocycles. The quantitative estimate of drug-likeness (QED) is 0.775. The number of hydrogen-bond acceptors (Lipinski definition) is 3. The van der Waals surface area contributed by atoms with Gasteiger partial charge in [-0.1, -0.05) is 0 Å². The van der Waals surface area contributed by atoms with Gasteiger partial charge in [0.15, 0.2) is 5.25 Å². The molecule has 1 N–H and O–H groups in total. The van der Waals surface area contributed by atoms with Crippen LogP contribution in [0.25, 0.3) is 0 Å². The number of nitrogens with one attached hydrogen (secondary N) is 1. The second-order valence-corrected chi connectivity index (χ2v) is 4.66. The van der Waals surface area contributed by atoms with E-state index in [1.807, 2.05) is 0 Å². The predicted octanol–water partition coefficient (Wildman–Crippen LogP) is 0.770. The van der Waals surface area contributed by atoms with Crippen molar-refractivity contribution in [1.82, 2.24) is 4.72 Å². The molecule has 14 heavy (non-hydrogen) atoms. The smallest absolute Gasteiger partial charge is 0.214 e. The van der Waals surface area contributed by atoms with E-state index in [0.717, 1.165) is 6.92 Å². The highest BCUT2D eigenvalue weighted by atomic mass is 32.2. The van der Waals surface area contributed by atoms with Gasteiger partial charge in [-0.05, 0) is 6.92 Å². The zero-order valence-electron chi connectivity index (χ0n) is 7.30. The molecule has 0 aromatic carbocycles. The van der Waals surface area contributed by atoms with Crippen molar-refractivity contribution in [2.75, 3.05) is 6.54 Å². The van der Waals surface area contributed by atoms with Gasteiger partial charge in [0, 0.05) is 6.54 Å². The van der Waals surface area contributed by atoms with Gasteiger partial charge in [0.2, 0.25) is 10.0 Å². The number of alkyl halides is 3. The molecule has 1 unspecified atom stereocenters. The molecule has 0 bridgehead atoms. The Morgan fingerprint density at radius 1 is 1.50 bits per heavy atom. The zero-order chi connectivity index (χ0) is 11.4. The summed E-state index contributed by atoms with van der Waals surface area (Å²) >= 11 is 0. The van der Waals surface area contributed by atoms with Crippen molar-refractivity contribution < 1.29 is 21.6 Å². The van der Waals surface area contributed by atoms with E-state index in [-0.39, 0.29) is 0 Å². The van der Waals surface area contributed by atoms with Gasteiger partial charge in [0.25, 0.3) is 0 Å². The van der Waals surface area contributed by atoms with Gasteiger partial charge in [-0.25, -0.2) is 13.1 Å². The minimum absolute atomic E-state index is 0.738. The van der Waals surface area contributed by atoms with E-state index in [1.54, 1.807) is 4.72 Å². The van der Waals surface area contributed by atoms with Crippen molar-refractivity contribution in [2.45, 2.75) is 24.8 Å². The zero-order valence-corrected chi connectivity index (χ0v) is 8.11. The fourth-order valence-electron chi connectivity index (χ4n) is 0.529. The molecule has 0 saturated carbocycles. The molecule has 4 nitrogen and oxygen atoms in total. The number of hydrogen-bond donors (Lipinski definition) is 1. The van der Waals surface area contributed by atoms with Crippen LogP contribution in [-0.2, 0) is 10.0 Å². The van der Waals surface area contributed by atoms with E-state index < -0.39 is 34.4 Å². The lowest BCUT2D eigenvalue weighted by atomic mass is 10.4. The molecular weight excluding hydrogens is 221 g/mol. The third-order valence-electron chi connectivity index (χ3n) is 1.36. The van der Waals surface area contributed by atoms with Crippen LogP contribution in [-0.4, -0.2) is 26.4 Å². The summed E-state index contributed by atoms with van der Waals surface area (Å²) in [6, 6.07) is 1.42. The average Bonchev–Trinajstić information content (AvgIpc) is 2.00. The second kappa shape index (κ2) is 4.61. The number of halogens is 3. The Hall–Kier alpha value is -0.810. The van der Waals surface area contributed by atoms with Crippen LogP contribution in [0.15, 0.2) is 0 Å². The summed E-state index contributed by atoms with van der Waals surface area (Å²) in [5.41, 5.74) is 0. The van der Waals surface area contributed by atoms with Crippen molar-refractivity contribution in [1.29, 1.82) is 5.26 Å². The maximum atomic E-state index is 11.6. The highest BCUT2D eigenvalue weighted by Gasteiger charge is 2.28. The van der Waals surface area contributed by atoms with E-state index >= 15 is 0 Å². The van der Waals surface area contributed by atoms with Gasteiger partial charge in [-0.3, -0.25) is 0 Å². The maximum absolute atomic E-state index is 11.6. The second-order valence-electron chi connectivity index (χ2n) is 2.58. The van der Waals surface area contributed by atoms with Crippen molar-refractivity contribution in [3.8, 4) is 6.07 Å². The molecule has 1 atom stereocenters. The molecule has 0 aliphatic carbocycles. The van der Waals surface area contributed by atoms with Gasteiger partial charge >= 0.3 is 6.18 Å². The molecule has 0 aliphatic heterocycles. The first-order valence-electron chi connectivity index (χ1n) is 3.64. The van der Waals surface area contributed by atoms with E-state index in [2.05, 4.69) is 0 Å². The van der Waals surface area contributed by atoms with Crippen LogP contribution in [0.4, 0.5) is 13.2 Å². The molecule has 82 valence electrons. The molecule has 0 fully saturated rings. The third-order valence-corrected chi connectivity index (χ3v) is 3.00. The summed E-state index contributed by atoms with van der Waals surface area (Å²) in [7, 11) is -3.94. The fraction of sp³-hybridized carbons (Fsp3) is 0.833. The first-order valence-corrected chi connectivity index (χ1v) is 5.18. The summed E-state index contributed by atoms with van der Waals surface area (Å²) < 4.78 is 58.4. The summed E-state index contributed by atoms with van der Waals surface area (Å²) in [5.74, 6) is 0. The SMILES string of the molecule is CC(C#N)S(=O)(=O)NCCC(F)(F)F. The van der Waals surface area contributed by atoms with Crippen LogP contribution < -0.4 is 4.72 Å². The van der Waals surface area contributed by atoms with Gasteiger partial charge in [-0.15, -0.1) is 0 Å². The third kappa shape index (κ3) is 5.04. The summed E-state index contributed by atoms with van der Waals surface area (Å²) in [5, 5.41) is 6.89. The average molecular weight is 230 g/mol. The Balaban J connectivity index is 4.11. The first kappa shape index (κ1) is 13.2.